The Morgan fingerprint density at radius 3 is 2.39 bits per heavy atom. The molecular weight excluding hydrogens is 356 g/mol. The summed E-state index contributed by atoms with van der Waals surface area (Å²) in [6.07, 6.45) is 3.23. The standard InChI is InChI=1S/C22H26N2O4/c1-15(2)28-19-11-7-16(13-20(19)27-4)8-12-21(25)24-14-17-5-9-18(10-6-17)22(26)23-3/h5-13,15H,14H2,1-4H3,(H,23,26)(H,24,25)/b12-8+. The molecule has 2 N–H and O–H groups in total. The topological polar surface area (TPSA) is 76.7 Å². The monoisotopic (exact) mass is 382 g/mol. The SMILES string of the molecule is CNC(=O)c1ccc(CNC(=O)/C=C/c2ccc(OC(C)C)c(OC)c2)cc1. The molecule has 0 atom stereocenters. The van der Waals surface area contributed by atoms with Crippen molar-refractivity contribution in [1.82, 2.24) is 10.6 Å². The zero-order valence-electron chi connectivity index (χ0n) is 16.6. The number of amides is 2. The van der Waals surface area contributed by atoms with E-state index in [9.17, 15) is 9.59 Å². The number of ether oxygens (including phenoxy) is 2. The van der Waals surface area contributed by atoms with Gasteiger partial charge in [0.1, 0.15) is 0 Å². The van der Waals surface area contributed by atoms with Gasteiger partial charge in [-0.05, 0) is 55.3 Å². The highest BCUT2D eigenvalue weighted by Gasteiger charge is 2.07. The Labute approximate surface area is 165 Å². The lowest BCUT2D eigenvalue weighted by molar-refractivity contribution is -0.116. The Morgan fingerprint density at radius 1 is 1.07 bits per heavy atom. The van der Waals surface area contributed by atoms with E-state index in [1.807, 2.05) is 44.2 Å². The molecule has 0 aromatic heterocycles. The molecule has 0 bridgehead atoms. The second-order valence-electron chi connectivity index (χ2n) is 6.40. The van der Waals surface area contributed by atoms with E-state index >= 15 is 0 Å². The van der Waals surface area contributed by atoms with Gasteiger partial charge in [-0.1, -0.05) is 18.2 Å². The fraction of sp³-hybridized carbons (Fsp3) is 0.273. The molecule has 0 spiro atoms. The van der Waals surface area contributed by atoms with Crippen molar-refractivity contribution in [3.63, 3.8) is 0 Å². The second-order valence-corrected chi connectivity index (χ2v) is 6.40. The van der Waals surface area contributed by atoms with Crippen LogP contribution in [-0.4, -0.2) is 32.1 Å². The molecule has 2 aromatic rings. The van der Waals surface area contributed by atoms with Gasteiger partial charge in [-0.2, -0.15) is 0 Å². The summed E-state index contributed by atoms with van der Waals surface area (Å²) in [6, 6.07) is 12.6. The summed E-state index contributed by atoms with van der Waals surface area (Å²) in [5.74, 6) is 0.933. The Kier molecular flexibility index (Phi) is 7.63. The molecule has 0 saturated carbocycles. The zero-order chi connectivity index (χ0) is 20.5. The van der Waals surface area contributed by atoms with Crippen molar-refractivity contribution in [3.05, 3.63) is 65.2 Å². The van der Waals surface area contributed by atoms with Gasteiger partial charge in [0.05, 0.1) is 13.2 Å². The number of carbonyl (C=O) groups excluding carboxylic acids is 2. The van der Waals surface area contributed by atoms with Crippen LogP contribution in [-0.2, 0) is 11.3 Å². The predicted octanol–water partition coefficient (Wildman–Crippen LogP) is 3.17. The van der Waals surface area contributed by atoms with Gasteiger partial charge in [0.25, 0.3) is 5.91 Å². The number of benzene rings is 2. The number of hydrogen-bond donors (Lipinski definition) is 2. The average Bonchev–Trinajstić information content (AvgIpc) is 2.70. The van der Waals surface area contributed by atoms with Crippen LogP contribution in [0.2, 0.25) is 0 Å². The summed E-state index contributed by atoms with van der Waals surface area (Å²) >= 11 is 0. The van der Waals surface area contributed by atoms with Crippen molar-refractivity contribution in [3.8, 4) is 11.5 Å². The van der Waals surface area contributed by atoms with Crippen LogP contribution < -0.4 is 20.1 Å². The van der Waals surface area contributed by atoms with E-state index < -0.39 is 0 Å². The lowest BCUT2D eigenvalue weighted by Gasteiger charge is -2.13. The number of nitrogens with one attached hydrogen (secondary N) is 2. The van der Waals surface area contributed by atoms with Crippen LogP contribution in [0.1, 0.15) is 35.3 Å². The van der Waals surface area contributed by atoms with Crippen LogP contribution in [0.15, 0.2) is 48.5 Å². The fourth-order valence-electron chi connectivity index (χ4n) is 2.48. The molecule has 6 nitrogen and oxygen atoms in total. The summed E-state index contributed by atoms with van der Waals surface area (Å²) < 4.78 is 11.0. The Morgan fingerprint density at radius 2 is 1.79 bits per heavy atom. The summed E-state index contributed by atoms with van der Waals surface area (Å²) in [5, 5.41) is 5.39. The quantitative estimate of drug-likeness (QED) is 0.688. The van der Waals surface area contributed by atoms with Gasteiger partial charge < -0.3 is 20.1 Å². The van der Waals surface area contributed by atoms with Crippen LogP contribution >= 0.6 is 0 Å². The molecule has 0 aliphatic rings. The largest absolute Gasteiger partial charge is 0.493 e. The van der Waals surface area contributed by atoms with Gasteiger partial charge in [-0.25, -0.2) is 0 Å². The maximum absolute atomic E-state index is 12.1. The molecule has 0 aliphatic heterocycles. The van der Waals surface area contributed by atoms with E-state index in [4.69, 9.17) is 9.47 Å². The molecule has 28 heavy (non-hydrogen) atoms. The normalized spacial score (nSPS) is 10.8. The summed E-state index contributed by atoms with van der Waals surface area (Å²) in [6.45, 7) is 4.27. The number of rotatable bonds is 8. The van der Waals surface area contributed by atoms with Crippen LogP contribution in [0, 0.1) is 0 Å². The molecule has 2 rings (SSSR count). The average molecular weight is 382 g/mol. The molecule has 0 unspecified atom stereocenters. The lowest BCUT2D eigenvalue weighted by Crippen LogP contribution is -2.20. The van der Waals surface area contributed by atoms with Gasteiger partial charge in [-0.3, -0.25) is 9.59 Å². The highest BCUT2D eigenvalue weighted by molar-refractivity contribution is 5.94. The summed E-state index contributed by atoms with van der Waals surface area (Å²) in [5.41, 5.74) is 2.32. The van der Waals surface area contributed by atoms with Crippen molar-refractivity contribution in [2.45, 2.75) is 26.5 Å². The molecule has 0 saturated heterocycles. The first-order chi connectivity index (χ1) is 13.4. The molecule has 0 radical (unpaired) electrons. The molecule has 148 valence electrons. The van der Waals surface area contributed by atoms with Gasteiger partial charge in [-0.15, -0.1) is 0 Å². The van der Waals surface area contributed by atoms with Crippen molar-refractivity contribution in [2.75, 3.05) is 14.2 Å². The lowest BCUT2D eigenvalue weighted by atomic mass is 10.1. The first kappa shape index (κ1) is 21.0. The van der Waals surface area contributed by atoms with Crippen LogP contribution in [0.4, 0.5) is 0 Å². The molecule has 6 heteroatoms. The minimum absolute atomic E-state index is 0.0477. The third-order valence-electron chi connectivity index (χ3n) is 3.89. The highest BCUT2D eigenvalue weighted by atomic mass is 16.5. The maximum atomic E-state index is 12.1. The summed E-state index contributed by atoms with van der Waals surface area (Å²) in [7, 11) is 3.17. The highest BCUT2D eigenvalue weighted by Crippen LogP contribution is 2.29. The van der Waals surface area contributed by atoms with Crippen molar-refractivity contribution >= 4 is 17.9 Å². The molecule has 2 amide bonds. The van der Waals surface area contributed by atoms with Crippen LogP contribution in [0.5, 0.6) is 11.5 Å². The Bertz CT molecular complexity index is 842. The molecule has 0 aliphatic carbocycles. The first-order valence-corrected chi connectivity index (χ1v) is 9.04. The van der Waals surface area contributed by atoms with Gasteiger partial charge in [0.2, 0.25) is 5.91 Å². The number of hydrogen-bond acceptors (Lipinski definition) is 4. The van der Waals surface area contributed by atoms with E-state index in [0.717, 1.165) is 11.1 Å². The van der Waals surface area contributed by atoms with Gasteiger partial charge in [0.15, 0.2) is 11.5 Å². The maximum Gasteiger partial charge on any atom is 0.251 e. The number of carbonyl (C=O) groups is 2. The second kappa shape index (κ2) is 10.2. The first-order valence-electron chi connectivity index (χ1n) is 9.04. The van der Waals surface area contributed by atoms with E-state index in [0.29, 0.717) is 23.6 Å². The fourth-order valence-corrected chi connectivity index (χ4v) is 2.48. The Balaban J connectivity index is 1.93. The number of methoxy groups -OCH3 is 1. The van der Waals surface area contributed by atoms with Crippen LogP contribution in [0.25, 0.3) is 6.08 Å². The molecular formula is C22H26N2O4. The minimum atomic E-state index is -0.211. The minimum Gasteiger partial charge on any atom is -0.493 e. The molecule has 0 fully saturated rings. The van der Waals surface area contributed by atoms with Crippen molar-refractivity contribution in [1.29, 1.82) is 0 Å². The van der Waals surface area contributed by atoms with E-state index in [-0.39, 0.29) is 17.9 Å². The third kappa shape index (κ3) is 6.16. The van der Waals surface area contributed by atoms with Gasteiger partial charge >= 0.3 is 0 Å². The third-order valence-corrected chi connectivity index (χ3v) is 3.89. The zero-order valence-corrected chi connectivity index (χ0v) is 16.6. The Hall–Kier alpha value is -3.28. The van der Waals surface area contributed by atoms with Crippen molar-refractivity contribution in [2.24, 2.45) is 0 Å². The van der Waals surface area contributed by atoms with Gasteiger partial charge in [0, 0.05) is 25.2 Å². The summed E-state index contributed by atoms with van der Waals surface area (Å²) in [4.78, 5) is 23.6. The predicted molar refractivity (Wildman–Crippen MR) is 109 cm³/mol. The van der Waals surface area contributed by atoms with E-state index in [1.54, 1.807) is 32.4 Å². The van der Waals surface area contributed by atoms with E-state index in [2.05, 4.69) is 10.6 Å². The van der Waals surface area contributed by atoms with Crippen LogP contribution in [0.3, 0.4) is 0 Å². The van der Waals surface area contributed by atoms with Crippen molar-refractivity contribution < 1.29 is 19.1 Å². The smallest absolute Gasteiger partial charge is 0.251 e. The van der Waals surface area contributed by atoms with E-state index in [1.165, 1.54) is 6.08 Å². The molecule has 0 heterocycles. The molecule has 2 aromatic carbocycles.